The van der Waals surface area contributed by atoms with Gasteiger partial charge in [0.05, 0.1) is 0 Å². The molecule has 3 unspecified atom stereocenters. The van der Waals surface area contributed by atoms with Gasteiger partial charge < -0.3 is 4.74 Å². The standard InChI is InChI=1S/C15H25NO2S/c1-9(2)11-5-4-10(3)8-12(11)18-15(17)14-13(19)6-7-16-14/h9-12,14,16H,4-8H2,1-3H3/t10?,11?,12-,14?/m1/s1. The van der Waals surface area contributed by atoms with Crippen molar-refractivity contribution in [1.29, 1.82) is 0 Å². The molecule has 3 nitrogen and oxygen atoms in total. The van der Waals surface area contributed by atoms with Crippen LogP contribution in [0.1, 0.15) is 46.5 Å². The maximum Gasteiger partial charge on any atom is 0.328 e. The highest BCUT2D eigenvalue weighted by molar-refractivity contribution is 7.80. The summed E-state index contributed by atoms with van der Waals surface area (Å²) in [6, 6.07) is -0.347. The van der Waals surface area contributed by atoms with Crippen molar-refractivity contribution in [1.82, 2.24) is 5.32 Å². The van der Waals surface area contributed by atoms with Crippen molar-refractivity contribution in [3.8, 4) is 0 Å². The monoisotopic (exact) mass is 283 g/mol. The van der Waals surface area contributed by atoms with Gasteiger partial charge in [0.25, 0.3) is 0 Å². The minimum Gasteiger partial charge on any atom is -0.461 e. The molecule has 2 aliphatic rings. The van der Waals surface area contributed by atoms with Gasteiger partial charge in [-0.2, -0.15) is 0 Å². The molecule has 0 aromatic rings. The Bertz CT molecular complexity index is 356. The van der Waals surface area contributed by atoms with E-state index in [1.54, 1.807) is 0 Å². The van der Waals surface area contributed by atoms with Crippen molar-refractivity contribution in [3.63, 3.8) is 0 Å². The lowest BCUT2D eigenvalue weighted by molar-refractivity contribution is -0.156. The normalized spacial score (nSPS) is 35.7. The zero-order valence-electron chi connectivity index (χ0n) is 12.1. The van der Waals surface area contributed by atoms with Crippen LogP contribution < -0.4 is 5.32 Å². The molecule has 1 aliphatic heterocycles. The number of carbonyl (C=O) groups excluding carboxylic acids is 1. The van der Waals surface area contributed by atoms with E-state index in [4.69, 9.17) is 17.0 Å². The second kappa shape index (κ2) is 6.31. The second-order valence-electron chi connectivity index (χ2n) is 6.40. The van der Waals surface area contributed by atoms with Crippen LogP contribution >= 0.6 is 12.2 Å². The van der Waals surface area contributed by atoms with E-state index in [1.807, 2.05) is 0 Å². The number of nitrogens with one attached hydrogen (secondary N) is 1. The Hall–Kier alpha value is -0.480. The number of hydrogen-bond acceptors (Lipinski definition) is 4. The average Bonchev–Trinajstić information content (AvgIpc) is 2.75. The quantitative estimate of drug-likeness (QED) is 0.638. The Morgan fingerprint density at radius 2 is 2.16 bits per heavy atom. The van der Waals surface area contributed by atoms with Gasteiger partial charge in [-0.25, -0.2) is 4.79 Å². The van der Waals surface area contributed by atoms with Gasteiger partial charge in [0.1, 0.15) is 12.1 Å². The lowest BCUT2D eigenvalue weighted by Crippen LogP contribution is -2.42. The van der Waals surface area contributed by atoms with Gasteiger partial charge in [-0.15, -0.1) is 0 Å². The molecule has 4 atom stereocenters. The number of esters is 1. The van der Waals surface area contributed by atoms with Crippen molar-refractivity contribution in [2.24, 2.45) is 17.8 Å². The minimum atomic E-state index is -0.347. The van der Waals surface area contributed by atoms with Crippen LogP contribution in [-0.4, -0.2) is 29.5 Å². The number of thiocarbonyl (C=S) groups is 1. The summed E-state index contributed by atoms with van der Waals surface area (Å²) in [6.07, 6.45) is 4.29. The maximum atomic E-state index is 12.2. The third kappa shape index (κ3) is 3.54. The summed E-state index contributed by atoms with van der Waals surface area (Å²) in [5.41, 5.74) is 0. The predicted molar refractivity (Wildman–Crippen MR) is 80.2 cm³/mol. The first-order valence-corrected chi connectivity index (χ1v) is 7.86. The first kappa shape index (κ1) is 14.9. The molecule has 1 saturated heterocycles. The molecule has 0 aromatic carbocycles. The minimum absolute atomic E-state index is 0.0708. The van der Waals surface area contributed by atoms with Crippen LogP contribution in [0.25, 0.3) is 0 Å². The molecule has 108 valence electrons. The molecule has 2 fully saturated rings. The van der Waals surface area contributed by atoms with Crippen LogP contribution in [0.2, 0.25) is 0 Å². The fourth-order valence-corrected chi connectivity index (χ4v) is 3.56. The number of hydrogen-bond donors (Lipinski definition) is 1. The van der Waals surface area contributed by atoms with E-state index >= 15 is 0 Å². The highest BCUT2D eigenvalue weighted by atomic mass is 32.1. The zero-order valence-corrected chi connectivity index (χ0v) is 13.0. The Kier molecular flexibility index (Phi) is 4.96. The lowest BCUT2D eigenvalue weighted by Gasteiger charge is -2.37. The van der Waals surface area contributed by atoms with Crippen LogP contribution in [0, 0.1) is 17.8 Å². The third-order valence-electron chi connectivity index (χ3n) is 4.51. The van der Waals surface area contributed by atoms with Gasteiger partial charge in [0.2, 0.25) is 0 Å². The molecule has 1 saturated carbocycles. The lowest BCUT2D eigenvalue weighted by atomic mass is 9.75. The molecule has 2 rings (SSSR count). The summed E-state index contributed by atoms with van der Waals surface area (Å²) in [7, 11) is 0. The van der Waals surface area contributed by atoms with Crippen molar-refractivity contribution in [3.05, 3.63) is 0 Å². The molecule has 0 bridgehead atoms. The van der Waals surface area contributed by atoms with E-state index in [2.05, 4.69) is 26.1 Å². The molecule has 4 heteroatoms. The van der Waals surface area contributed by atoms with Crippen LogP contribution in [0.5, 0.6) is 0 Å². The molecule has 19 heavy (non-hydrogen) atoms. The first-order chi connectivity index (χ1) is 8.99. The van der Waals surface area contributed by atoms with Crippen molar-refractivity contribution in [2.75, 3.05) is 6.54 Å². The summed E-state index contributed by atoms with van der Waals surface area (Å²) in [5.74, 6) is 1.55. The van der Waals surface area contributed by atoms with E-state index in [-0.39, 0.29) is 18.1 Å². The number of rotatable bonds is 3. The van der Waals surface area contributed by atoms with E-state index in [1.165, 1.54) is 12.8 Å². The molecule has 0 radical (unpaired) electrons. The van der Waals surface area contributed by atoms with Crippen LogP contribution in [0.15, 0.2) is 0 Å². The smallest absolute Gasteiger partial charge is 0.328 e. The molecular formula is C15H25NO2S. The SMILES string of the molecule is CC1CCC(C(C)C)[C@H](OC(=O)C2NCCC2=S)C1. The molecule has 0 amide bonds. The van der Waals surface area contributed by atoms with Crippen LogP contribution in [0.4, 0.5) is 0 Å². The Morgan fingerprint density at radius 1 is 1.42 bits per heavy atom. The summed E-state index contributed by atoms with van der Waals surface area (Å²) in [5, 5.41) is 3.14. The van der Waals surface area contributed by atoms with E-state index in [9.17, 15) is 4.79 Å². The molecule has 0 spiro atoms. The average molecular weight is 283 g/mol. The molecule has 0 aromatic heterocycles. The number of carbonyl (C=O) groups is 1. The summed E-state index contributed by atoms with van der Waals surface area (Å²) in [4.78, 5) is 13.0. The van der Waals surface area contributed by atoms with E-state index < -0.39 is 0 Å². The number of ether oxygens (including phenoxy) is 1. The molecule has 1 N–H and O–H groups in total. The fraction of sp³-hybridized carbons (Fsp3) is 0.867. The van der Waals surface area contributed by atoms with Gasteiger partial charge in [-0.05, 0) is 37.0 Å². The van der Waals surface area contributed by atoms with E-state index in [0.29, 0.717) is 17.8 Å². The third-order valence-corrected chi connectivity index (χ3v) is 4.95. The topological polar surface area (TPSA) is 38.3 Å². The molecule has 1 heterocycles. The van der Waals surface area contributed by atoms with Crippen molar-refractivity contribution >= 4 is 23.1 Å². The Balaban J connectivity index is 1.98. The van der Waals surface area contributed by atoms with Gasteiger partial charge in [0, 0.05) is 11.4 Å². The van der Waals surface area contributed by atoms with Crippen LogP contribution in [-0.2, 0) is 9.53 Å². The van der Waals surface area contributed by atoms with Gasteiger partial charge in [0.15, 0.2) is 0 Å². The molecule has 1 aliphatic carbocycles. The zero-order chi connectivity index (χ0) is 14.0. The first-order valence-electron chi connectivity index (χ1n) is 7.45. The Morgan fingerprint density at radius 3 is 2.74 bits per heavy atom. The van der Waals surface area contributed by atoms with Gasteiger partial charge >= 0.3 is 5.97 Å². The second-order valence-corrected chi connectivity index (χ2v) is 6.93. The summed E-state index contributed by atoms with van der Waals surface area (Å²) >= 11 is 5.23. The highest BCUT2D eigenvalue weighted by Crippen LogP contribution is 2.35. The Labute approximate surface area is 121 Å². The van der Waals surface area contributed by atoms with Gasteiger partial charge in [-0.1, -0.05) is 39.4 Å². The summed E-state index contributed by atoms with van der Waals surface area (Å²) in [6.45, 7) is 7.49. The predicted octanol–water partition coefficient (Wildman–Crippen LogP) is 2.72. The van der Waals surface area contributed by atoms with Crippen molar-refractivity contribution < 1.29 is 9.53 Å². The van der Waals surface area contributed by atoms with Gasteiger partial charge in [-0.3, -0.25) is 5.32 Å². The van der Waals surface area contributed by atoms with E-state index in [0.717, 1.165) is 24.3 Å². The molecular weight excluding hydrogens is 258 g/mol. The van der Waals surface area contributed by atoms with Crippen LogP contribution in [0.3, 0.4) is 0 Å². The summed E-state index contributed by atoms with van der Waals surface area (Å²) < 4.78 is 5.80. The maximum absolute atomic E-state index is 12.2. The van der Waals surface area contributed by atoms with Crippen molar-refractivity contribution in [2.45, 2.75) is 58.6 Å². The highest BCUT2D eigenvalue weighted by Gasteiger charge is 2.36. The fourth-order valence-electron chi connectivity index (χ4n) is 3.28. The largest absolute Gasteiger partial charge is 0.461 e.